The topological polar surface area (TPSA) is 52.6 Å². The van der Waals surface area contributed by atoms with Gasteiger partial charge in [0.1, 0.15) is 0 Å². The number of hydrogen-bond acceptors (Lipinski definition) is 4. The highest BCUT2D eigenvalue weighted by Crippen LogP contribution is 2.45. The molecule has 11 heavy (non-hydrogen) atoms. The smallest absolute Gasteiger partial charge is 0.173 e. The predicted molar refractivity (Wildman–Crippen MR) is 21.0 cm³/mol. The van der Waals surface area contributed by atoms with Crippen LogP contribution in [0.1, 0.15) is 0 Å². The van der Waals surface area contributed by atoms with E-state index in [2.05, 4.69) is 8.37 Å². The summed E-state index contributed by atoms with van der Waals surface area (Å²) in [5, 5.41) is 0. The maximum Gasteiger partial charge on any atom is 0.480 e. The Hall–Kier alpha value is -0.410. The van der Waals surface area contributed by atoms with Gasteiger partial charge in [-0.25, -0.2) is 0 Å². The van der Waals surface area contributed by atoms with Crippen LogP contribution in [0.2, 0.25) is 0 Å². The van der Waals surface area contributed by atoms with Gasteiger partial charge in [0.05, 0.1) is 0 Å². The lowest BCUT2D eigenvalue weighted by atomic mass is 10.6. The Morgan fingerprint density at radius 2 is 1.55 bits per heavy atom. The molecular weight excluding hydrogens is 196 g/mol. The first kappa shape index (κ1) is 8.68. The van der Waals surface area contributed by atoms with E-state index in [9.17, 15) is 26.0 Å². The zero-order chi connectivity index (χ0) is 8.91. The maximum atomic E-state index is 12.0. The first-order chi connectivity index (χ1) is 4.66. The minimum Gasteiger partial charge on any atom is -0.173 e. The lowest BCUT2D eigenvalue weighted by Gasteiger charge is -2.31. The van der Waals surface area contributed by atoms with Crippen LogP contribution in [-0.4, -0.2) is 20.6 Å². The summed E-state index contributed by atoms with van der Waals surface area (Å²) in [6.07, 6.45) is -5.50. The molecule has 1 aliphatic heterocycles. The Bertz CT molecular complexity index is 252. The van der Waals surface area contributed by atoms with Crippen LogP contribution in [0.4, 0.5) is 17.6 Å². The van der Waals surface area contributed by atoms with Crippen LogP contribution in [0.25, 0.3) is 0 Å². The molecule has 4 nitrogen and oxygen atoms in total. The molecule has 0 spiro atoms. The van der Waals surface area contributed by atoms with Gasteiger partial charge in [0.2, 0.25) is 0 Å². The molecule has 0 aromatic heterocycles. The fourth-order valence-electron chi connectivity index (χ4n) is 0.363. The Labute approximate surface area is 58.0 Å². The molecule has 0 unspecified atom stereocenters. The summed E-state index contributed by atoms with van der Waals surface area (Å²) in [7, 11) is -4.77. The van der Waals surface area contributed by atoms with Gasteiger partial charge in [0, 0.05) is 0 Å². The molecular formula is C2F4O4S. The second-order valence-electron chi connectivity index (χ2n) is 1.61. The third-order valence-electron chi connectivity index (χ3n) is 0.757. The molecule has 0 aromatic carbocycles. The van der Waals surface area contributed by atoms with Gasteiger partial charge in [0.15, 0.2) is 0 Å². The fraction of sp³-hybridized carbons (Fsp3) is 1.00. The molecule has 1 rings (SSSR count). The van der Waals surface area contributed by atoms with Crippen LogP contribution in [-0.2, 0) is 18.8 Å². The van der Waals surface area contributed by atoms with Gasteiger partial charge in [-0.1, -0.05) is 0 Å². The number of alkyl halides is 4. The molecule has 0 bridgehead atoms. The highest BCUT2D eigenvalue weighted by molar-refractivity contribution is 7.82. The highest BCUT2D eigenvalue weighted by Gasteiger charge is 2.72. The Morgan fingerprint density at radius 3 is 1.64 bits per heavy atom. The van der Waals surface area contributed by atoms with Crippen LogP contribution in [0, 0.1) is 0 Å². The Morgan fingerprint density at radius 1 is 1.18 bits per heavy atom. The van der Waals surface area contributed by atoms with Crippen molar-refractivity contribution in [3.63, 3.8) is 0 Å². The maximum absolute atomic E-state index is 12.0. The summed E-state index contributed by atoms with van der Waals surface area (Å²) in [6, 6.07) is -4.49. The molecule has 1 aliphatic rings. The highest BCUT2D eigenvalue weighted by atomic mass is 32.3. The Kier molecular flexibility index (Phi) is 1.46. The second-order valence-corrected chi connectivity index (χ2v) is 2.76. The molecule has 0 aliphatic carbocycles. The van der Waals surface area contributed by atoms with Gasteiger partial charge in [-0.2, -0.15) is 34.3 Å². The quantitative estimate of drug-likeness (QED) is 0.528. The van der Waals surface area contributed by atoms with Gasteiger partial charge < -0.3 is 0 Å². The van der Waals surface area contributed by atoms with Gasteiger partial charge in [-0.15, -0.1) is 0 Å². The number of halogens is 4. The van der Waals surface area contributed by atoms with E-state index in [1.165, 1.54) is 0 Å². The van der Waals surface area contributed by atoms with Crippen molar-refractivity contribution in [3.05, 3.63) is 0 Å². The van der Waals surface area contributed by atoms with E-state index in [1.54, 1.807) is 0 Å². The number of rotatable bonds is 0. The minimum atomic E-state index is -5.50. The first-order valence-corrected chi connectivity index (χ1v) is 3.41. The predicted octanol–water partition coefficient (Wildman–Crippen LogP) is 0.464. The van der Waals surface area contributed by atoms with Crippen LogP contribution >= 0.6 is 0 Å². The van der Waals surface area contributed by atoms with E-state index in [0.29, 0.717) is 0 Å². The average molecular weight is 196 g/mol. The van der Waals surface area contributed by atoms with Crippen molar-refractivity contribution in [2.24, 2.45) is 0 Å². The number of hydrogen-bond donors (Lipinski definition) is 0. The van der Waals surface area contributed by atoms with Crippen molar-refractivity contribution < 1.29 is 34.3 Å². The first-order valence-electron chi connectivity index (χ1n) is 2.08. The summed E-state index contributed by atoms with van der Waals surface area (Å²) in [6.45, 7) is 0. The zero-order valence-corrected chi connectivity index (χ0v) is 5.37. The normalized spacial score (nSPS) is 27.6. The van der Waals surface area contributed by atoms with Gasteiger partial charge >= 0.3 is 22.6 Å². The molecule has 0 radical (unpaired) electrons. The standard InChI is InChI=1S/C2F4O4S/c3-1(4,5)2(6)9-11(7,8)10-2. The van der Waals surface area contributed by atoms with Crippen molar-refractivity contribution in [1.82, 2.24) is 0 Å². The average Bonchev–Trinajstić information content (AvgIpc) is 1.55. The van der Waals surface area contributed by atoms with Crippen LogP contribution < -0.4 is 0 Å². The van der Waals surface area contributed by atoms with Crippen molar-refractivity contribution >= 4 is 10.4 Å². The van der Waals surface area contributed by atoms with E-state index in [0.717, 1.165) is 0 Å². The van der Waals surface area contributed by atoms with Crippen LogP contribution in [0.5, 0.6) is 0 Å². The lowest BCUT2D eigenvalue weighted by Crippen LogP contribution is -2.56. The van der Waals surface area contributed by atoms with Crippen LogP contribution in [0.15, 0.2) is 0 Å². The van der Waals surface area contributed by atoms with E-state index >= 15 is 0 Å². The second kappa shape index (κ2) is 1.84. The van der Waals surface area contributed by atoms with Gasteiger partial charge in [0.25, 0.3) is 0 Å². The van der Waals surface area contributed by atoms with Crippen molar-refractivity contribution in [3.8, 4) is 0 Å². The summed E-state index contributed by atoms with van der Waals surface area (Å²) in [5.74, 6) is 0. The lowest BCUT2D eigenvalue weighted by molar-refractivity contribution is -0.416. The summed E-state index contributed by atoms with van der Waals surface area (Å²) >= 11 is 0. The molecule has 9 heteroatoms. The minimum absolute atomic E-state index is 2.84. The molecule has 0 aromatic rings. The summed E-state index contributed by atoms with van der Waals surface area (Å²) in [4.78, 5) is 0. The summed E-state index contributed by atoms with van der Waals surface area (Å²) < 4.78 is 71.2. The molecule has 1 fully saturated rings. The third-order valence-corrected chi connectivity index (χ3v) is 1.59. The van der Waals surface area contributed by atoms with Gasteiger partial charge in [-0.05, 0) is 0 Å². The van der Waals surface area contributed by atoms with Crippen molar-refractivity contribution in [2.45, 2.75) is 12.2 Å². The third kappa shape index (κ3) is 1.30. The molecule has 0 saturated carbocycles. The molecule has 1 heterocycles. The largest absolute Gasteiger partial charge is 0.480 e. The molecule has 0 amide bonds. The monoisotopic (exact) mass is 196 g/mol. The SMILES string of the molecule is O=S1(=O)OC(F)(C(F)(F)F)O1. The molecule has 0 atom stereocenters. The van der Waals surface area contributed by atoms with E-state index < -0.39 is 22.6 Å². The fourth-order valence-corrected chi connectivity index (χ4v) is 1.09. The molecule has 1 saturated heterocycles. The Balaban J connectivity index is 2.79. The van der Waals surface area contributed by atoms with Crippen molar-refractivity contribution in [1.29, 1.82) is 0 Å². The van der Waals surface area contributed by atoms with Crippen molar-refractivity contribution in [2.75, 3.05) is 0 Å². The van der Waals surface area contributed by atoms with E-state index in [1.807, 2.05) is 0 Å². The molecule has 0 N–H and O–H groups in total. The zero-order valence-electron chi connectivity index (χ0n) is 4.55. The van der Waals surface area contributed by atoms with E-state index in [-0.39, 0.29) is 0 Å². The van der Waals surface area contributed by atoms with Crippen LogP contribution in [0.3, 0.4) is 0 Å². The summed E-state index contributed by atoms with van der Waals surface area (Å²) in [5.41, 5.74) is 0. The van der Waals surface area contributed by atoms with Gasteiger partial charge in [-0.3, -0.25) is 0 Å². The van der Waals surface area contributed by atoms with E-state index in [4.69, 9.17) is 0 Å². The molecule has 66 valence electrons.